The van der Waals surface area contributed by atoms with Gasteiger partial charge in [-0.15, -0.1) is 0 Å². The zero-order valence-electron chi connectivity index (χ0n) is 7.08. The summed E-state index contributed by atoms with van der Waals surface area (Å²) in [5, 5.41) is 10.4. The summed E-state index contributed by atoms with van der Waals surface area (Å²) in [5.74, 6) is 0.245. The third-order valence-electron chi connectivity index (χ3n) is 2.07. The van der Waals surface area contributed by atoms with Gasteiger partial charge in [0.15, 0.2) is 0 Å². The second kappa shape index (κ2) is 3.00. The van der Waals surface area contributed by atoms with Crippen molar-refractivity contribution in [2.24, 2.45) is 0 Å². The van der Waals surface area contributed by atoms with Crippen molar-refractivity contribution < 1.29 is 5.11 Å². The van der Waals surface area contributed by atoms with Gasteiger partial charge in [-0.2, -0.15) is 0 Å². The van der Waals surface area contributed by atoms with Gasteiger partial charge in [-0.1, -0.05) is 22.0 Å². The predicted octanol–water partition coefficient (Wildman–Crippen LogP) is 3.01. The highest BCUT2D eigenvalue weighted by Gasteiger charge is 2.02. The van der Waals surface area contributed by atoms with Gasteiger partial charge in [0.05, 0.1) is 11.7 Å². The van der Waals surface area contributed by atoms with Crippen molar-refractivity contribution in [2.75, 3.05) is 0 Å². The summed E-state index contributed by atoms with van der Waals surface area (Å²) in [5.41, 5.74) is 1.77. The summed E-state index contributed by atoms with van der Waals surface area (Å²) in [6.45, 7) is 1.88. The van der Waals surface area contributed by atoms with E-state index in [9.17, 15) is 5.11 Å². The van der Waals surface area contributed by atoms with Crippen molar-refractivity contribution in [3.63, 3.8) is 0 Å². The molecule has 0 aliphatic rings. The second-order valence-electron chi connectivity index (χ2n) is 2.93. The second-order valence-corrected chi connectivity index (χ2v) is 3.85. The molecule has 3 heteroatoms. The van der Waals surface area contributed by atoms with E-state index in [2.05, 4.69) is 20.9 Å². The number of aryl methyl sites for hydroxylation is 1. The quantitative estimate of drug-likeness (QED) is 0.765. The van der Waals surface area contributed by atoms with Crippen molar-refractivity contribution >= 4 is 26.8 Å². The highest BCUT2D eigenvalue weighted by Crippen LogP contribution is 2.25. The number of rotatable bonds is 0. The molecule has 2 rings (SSSR count). The number of pyridine rings is 1. The largest absolute Gasteiger partial charge is 0.506 e. The molecule has 0 radical (unpaired) electrons. The molecule has 0 aliphatic heterocycles. The first kappa shape index (κ1) is 8.51. The molecule has 0 saturated carbocycles. The molecule has 1 N–H and O–H groups in total. The SMILES string of the molecule is Cc1c(O)cnc2cc(Br)ccc12. The van der Waals surface area contributed by atoms with Gasteiger partial charge in [-0.05, 0) is 19.1 Å². The van der Waals surface area contributed by atoms with Crippen LogP contribution in [-0.4, -0.2) is 10.1 Å². The molecule has 2 nitrogen and oxygen atoms in total. The average molecular weight is 238 g/mol. The normalized spacial score (nSPS) is 10.6. The van der Waals surface area contributed by atoms with E-state index < -0.39 is 0 Å². The molecular formula is C10H8BrNO. The van der Waals surface area contributed by atoms with Crippen molar-refractivity contribution in [3.8, 4) is 5.75 Å². The Bertz CT molecular complexity index is 468. The molecule has 0 bridgehead atoms. The Balaban J connectivity index is 2.87. The minimum atomic E-state index is 0.245. The first-order valence-electron chi connectivity index (χ1n) is 3.92. The van der Waals surface area contributed by atoms with E-state index in [1.807, 2.05) is 25.1 Å². The fourth-order valence-electron chi connectivity index (χ4n) is 1.29. The third kappa shape index (κ3) is 1.40. The van der Waals surface area contributed by atoms with Gasteiger partial charge in [0, 0.05) is 15.4 Å². The van der Waals surface area contributed by atoms with Crippen LogP contribution in [0.2, 0.25) is 0 Å². The predicted molar refractivity (Wildman–Crippen MR) is 55.8 cm³/mol. The number of benzene rings is 1. The Hall–Kier alpha value is -1.09. The number of nitrogens with zero attached hydrogens (tertiary/aromatic N) is 1. The number of aromatic nitrogens is 1. The summed E-state index contributed by atoms with van der Waals surface area (Å²) in [6, 6.07) is 5.82. The number of hydrogen-bond acceptors (Lipinski definition) is 2. The van der Waals surface area contributed by atoms with E-state index in [1.165, 1.54) is 6.20 Å². The van der Waals surface area contributed by atoms with E-state index in [0.29, 0.717) is 0 Å². The molecule has 2 aromatic rings. The lowest BCUT2D eigenvalue weighted by atomic mass is 10.1. The number of aromatic hydroxyl groups is 1. The van der Waals surface area contributed by atoms with Crippen LogP contribution in [0.5, 0.6) is 5.75 Å². The van der Waals surface area contributed by atoms with Crippen LogP contribution >= 0.6 is 15.9 Å². The van der Waals surface area contributed by atoms with Crippen molar-refractivity contribution in [1.29, 1.82) is 0 Å². The molecular weight excluding hydrogens is 230 g/mol. The third-order valence-corrected chi connectivity index (χ3v) is 2.57. The fourth-order valence-corrected chi connectivity index (χ4v) is 1.64. The molecule has 13 heavy (non-hydrogen) atoms. The van der Waals surface area contributed by atoms with E-state index >= 15 is 0 Å². The topological polar surface area (TPSA) is 33.1 Å². The highest BCUT2D eigenvalue weighted by molar-refractivity contribution is 9.10. The summed E-state index contributed by atoms with van der Waals surface area (Å²) in [7, 11) is 0. The van der Waals surface area contributed by atoms with E-state index in [4.69, 9.17) is 0 Å². The first-order valence-corrected chi connectivity index (χ1v) is 4.71. The lowest BCUT2D eigenvalue weighted by molar-refractivity contribution is 0.470. The monoisotopic (exact) mass is 237 g/mol. The molecule has 0 aliphatic carbocycles. The van der Waals surface area contributed by atoms with Gasteiger partial charge in [0.1, 0.15) is 5.75 Å². The molecule has 0 spiro atoms. The van der Waals surface area contributed by atoms with Crippen molar-refractivity contribution in [1.82, 2.24) is 4.98 Å². The Labute approximate surface area is 84.4 Å². The Morgan fingerprint density at radius 1 is 1.38 bits per heavy atom. The molecule has 66 valence electrons. The molecule has 0 saturated heterocycles. The molecule has 0 fully saturated rings. The maximum atomic E-state index is 9.41. The van der Waals surface area contributed by atoms with Gasteiger partial charge >= 0.3 is 0 Å². The first-order chi connectivity index (χ1) is 6.18. The average Bonchev–Trinajstić information content (AvgIpc) is 2.12. The van der Waals surface area contributed by atoms with Crippen LogP contribution in [-0.2, 0) is 0 Å². The van der Waals surface area contributed by atoms with Gasteiger partial charge in [-0.25, -0.2) is 0 Å². The zero-order chi connectivity index (χ0) is 9.42. The summed E-state index contributed by atoms with van der Waals surface area (Å²) < 4.78 is 0.998. The summed E-state index contributed by atoms with van der Waals surface area (Å²) in [6.07, 6.45) is 1.48. The minimum Gasteiger partial charge on any atom is -0.506 e. The molecule has 1 heterocycles. The van der Waals surface area contributed by atoms with Gasteiger partial charge in [0.25, 0.3) is 0 Å². The van der Waals surface area contributed by atoms with Crippen LogP contribution in [0.3, 0.4) is 0 Å². The fraction of sp³-hybridized carbons (Fsp3) is 0.100. The van der Waals surface area contributed by atoms with E-state index in [-0.39, 0.29) is 5.75 Å². The number of halogens is 1. The summed E-state index contributed by atoms with van der Waals surface area (Å²) >= 11 is 3.37. The van der Waals surface area contributed by atoms with Crippen LogP contribution in [0.15, 0.2) is 28.9 Å². The highest BCUT2D eigenvalue weighted by atomic mass is 79.9. The lowest BCUT2D eigenvalue weighted by Crippen LogP contribution is -1.83. The molecule has 0 atom stereocenters. The number of fused-ring (bicyclic) bond motifs is 1. The van der Waals surface area contributed by atoms with Gasteiger partial charge < -0.3 is 5.11 Å². The maximum Gasteiger partial charge on any atom is 0.137 e. The number of hydrogen-bond donors (Lipinski definition) is 1. The van der Waals surface area contributed by atoms with E-state index in [1.54, 1.807) is 0 Å². The zero-order valence-corrected chi connectivity index (χ0v) is 8.67. The van der Waals surface area contributed by atoms with Crippen LogP contribution in [0.4, 0.5) is 0 Å². The lowest BCUT2D eigenvalue weighted by Gasteiger charge is -2.03. The molecule has 0 amide bonds. The molecule has 1 aromatic heterocycles. The van der Waals surface area contributed by atoms with Crippen LogP contribution in [0, 0.1) is 6.92 Å². The van der Waals surface area contributed by atoms with E-state index in [0.717, 1.165) is 20.9 Å². The minimum absolute atomic E-state index is 0.245. The van der Waals surface area contributed by atoms with Crippen LogP contribution in [0.25, 0.3) is 10.9 Å². The van der Waals surface area contributed by atoms with Crippen LogP contribution in [0.1, 0.15) is 5.56 Å². The smallest absolute Gasteiger partial charge is 0.137 e. The van der Waals surface area contributed by atoms with Crippen molar-refractivity contribution in [3.05, 3.63) is 34.4 Å². The van der Waals surface area contributed by atoms with Gasteiger partial charge in [0.2, 0.25) is 0 Å². The maximum absolute atomic E-state index is 9.41. The standard InChI is InChI=1S/C10H8BrNO/c1-6-8-3-2-7(11)4-9(8)12-5-10(6)13/h2-5,13H,1H3. The van der Waals surface area contributed by atoms with Crippen molar-refractivity contribution in [2.45, 2.75) is 6.92 Å². The van der Waals surface area contributed by atoms with Gasteiger partial charge in [-0.3, -0.25) is 4.98 Å². The summed E-state index contributed by atoms with van der Waals surface area (Å²) in [4.78, 5) is 4.12. The molecule has 1 aromatic carbocycles. The Morgan fingerprint density at radius 2 is 2.15 bits per heavy atom. The Kier molecular flexibility index (Phi) is 1.96. The Morgan fingerprint density at radius 3 is 2.92 bits per heavy atom. The van der Waals surface area contributed by atoms with Crippen LogP contribution < -0.4 is 0 Å². The molecule has 0 unspecified atom stereocenters.